The van der Waals surface area contributed by atoms with Crippen LogP contribution in [0.25, 0.3) is 10.9 Å². The van der Waals surface area contributed by atoms with Gasteiger partial charge in [0.05, 0.1) is 36.3 Å². The molecule has 7 nitrogen and oxygen atoms in total. The van der Waals surface area contributed by atoms with Gasteiger partial charge in [0.1, 0.15) is 5.69 Å². The smallest absolute Gasteiger partial charge is 0.272 e. The highest BCUT2D eigenvalue weighted by Gasteiger charge is 2.41. The number of carbonyl (C=O) groups excluding carboxylic acids is 1. The molecule has 7 heteroatoms. The number of amides is 1. The average Bonchev–Trinajstić information content (AvgIpc) is 3.22. The Morgan fingerprint density at radius 2 is 1.79 bits per heavy atom. The first-order valence-electron chi connectivity index (χ1n) is 9.87. The van der Waals surface area contributed by atoms with Crippen LogP contribution in [0.15, 0.2) is 54.9 Å². The summed E-state index contributed by atoms with van der Waals surface area (Å²) in [5.74, 6) is -0.541. The van der Waals surface area contributed by atoms with Gasteiger partial charge in [-0.25, -0.2) is 4.98 Å². The third-order valence-electron chi connectivity index (χ3n) is 5.52. The zero-order chi connectivity index (χ0) is 19.7. The maximum absolute atomic E-state index is 12.8. The first-order chi connectivity index (χ1) is 14.2. The summed E-state index contributed by atoms with van der Waals surface area (Å²) in [6, 6.07) is 13.6. The summed E-state index contributed by atoms with van der Waals surface area (Å²) in [6.45, 7) is 2.50. The van der Waals surface area contributed by atoms with Gasteiger partial charge in [-0.2, -0.15) is 0 Å². The van der Waals surface area contributed by atoms with Crippen molar-refractivity contribution < 1.29 is 14.3 Å². The molecule has 2 fully saturated rings. The third-order valence-corrected chi connectivity index (χ3v) is 5.52. The molecule has 2 aromatic heterocycles. The van der Waals surface area contributed by atoms with E-state index in [1.54, 1.807) is 18.5 Å². The largest absolute Gasteiger partial charge is 0.352 e. The molecule has 29 heavy (non-hydrogen) atoms. The van der Waals surface area contributed by atoms with Crippen LogP contribution in [0, 0.1) is 0 Å². The minimum Gasteiger partial charge on any atom is -0.352 e. The van der Waals surface area contributed by atoms with E-state index in [1.165, 1.54) is 0 Å². The normalized spacial score (nSPS) is 18.3. The number of carbonyl (C=O) groups is 1. The van der Waals surface area contributed by atoms with E-state index in [4.69, 9.17) is 9.47 Å². The van der Waals surface area contributed by atoms with E-state index >= 15 is 0 Å². The van der Waals surface area contributed by atoms with Crippen molar-refractivity contribution in [3.63, 3.8) is 0 Å². The molecular formula is C22H22N4O3. The highest BCUT2D eigenvalue weighted by atomic mass is 16.7. The number of anilines is 2. The van der Waals surface area contributed by atoms with Gasteiger partial charge in [0, 0.05) is 37.5 Å². The number of nitrogens with one attached hydrogen (secondary N) is 1. The number of para-hydroxylation sites is 1. The molecule has 0 saturated carbocycles. The molecule has 1 spiro atoms. The van der Waals surface area contributed by atoms with Crippen molar-refractivity contribution in [3.8, 4) is 0 Å². The summed E-state index contributed by atoms with van der Waals surface area (Å²) >= 11 is 0. The number of ether oxygens (including phenoxy) is 2. The fourth-order valence-corrected chi connectivity index (χ4v) is 3.95. The van der Waals surface area contributed by atoms with Gasteiger partial charge >= 0.3 is 0 Å². The monoisotopic (exact) mass is 390 g/mol. The van der Waals surface area contributed by atoms with Crippen molar-refractivity contribution in [1.29, 1.82) is 0 Å². The molecule has 0 unspecified atom stereocenters. The number of aromatic nitrogens is 2. The molecule has 1 amide bonds. The zero-order valence-electron chi connectivity index (χ0n) is 16.0. The predicted octanol–water partition coefficient (Wildman–Crippen LogP) is 3.35. The third kappa shape index (κ3) is 3.54. The van der Waals surface area contributed by atoms with Crippen molar-refractivity contribution in [3.05, 3.63) is 60.6 Å². The molecule has 0 atom stereocenters. The van der Waals surface area contributed by atoms with Crippen LogP contribution in [-0.2, 0) is 9.47 Å². The van der Waals surface area contributed by atoms with Crippen molar-refractivity contribution in [2.75, 3.05) is 31.6 Å². The number of rotatable bonds is 3. The Kier molecular flexibility index (Phi) is 4.61. The molecular weight excluding hydrogens is 368 g/mol. The maximum Gasteiger partial charge on any atom is 0.272 e. The van der Waals surface area contributed by atoms with E-state index in [1.807, 2.05) is 41.3 Å². The molecule has 3 aromatic rings. The highest BCUT2D eigenvalue weighted by molar-refractivity contribution is 5.93. The van der Waals surface area contributed by atoms with E-state index in [9.17, 15) is 4.79 Å². The summed E-state index contributed by atoms with van der Waals surface area (Å²) in [5, 5.41) is 4.41. The summed E-state index contributed by atoms with van der Waals surface area (Å²) in [6.07, 6.45) is 4.86. The van der Waals surface area contributed by atoms with Crippen molar-refractivity contribution in [1.82, 2.24) is 14.9 Å². The molecule has 2 saturated heterocycles. The Hall–Kier alpha value is -3.03. The predicted molar refractivity (Wildman–Crippen MR) is 109 cm³/mol. The number of nitrogens with zero attached hydrogens (tertiary/aromatic N) is 3. The Morgan fingerprint density at radius 1 is 1.00 bits per heavy atom. The molecule has 4 heterocycles. The maximum atomic E-state index is 12.8. The summed E-state index contributed by atoms with van der Waals surface area (Å²) in [4.78, 5) is 23.5. The molecule has 1 N–H and O–H groups in total. The van der Waals surface area contributed by atoms with Crippen LogP contribution in [0.3, 0.4) is 0 Å². The van der Waals surface area contributed by atoms with Gasteiger partial charge in [0.25, 0.3) is 5.91 Å². The SMILES string of the molecule is O=C(c1ccc(Nc2cccc3cccnc23)cn1)N1CCC2(CC1)OCCO2. The summed E-state index contributed by atoms with van der Waals surface area (Å²) < 4.78 is 11.5. The Balaban J connectivity index is 1.27. The van der Waals surface area contributed by atoms with Gasteiger partial charge < -0.3 is 19.7 Å². The van der Waals surface area contributed by atoms with Gasteiger partial charge in [-0.1, -0.05) is 18.2 Å². The van der Waals surface area contributed by atoms with E-state index in [-0.39, 0.29) is 5.91 Å². The van der Waals surface area contributed by atoms with Gasteiger partial charge in [-0.3, -0.25) is 9.78 Å². The lowest BCUT2D eigenvalue weighted by Gasteiger charge is -2.37. The topological polar surface area (TPSA) is 76.6 Å². The number of benzene rings is 1. The number of piperidine rings is 1. The van der Waals surface area contributed by atoms with Crippen LogP contribution in [-0.4, -0.2) is 52.9 Å². The van der Waals surface area contributed by atoms with Crippen molar-refractivity contribution in [2.45, 2.75) is 18.6 Å². The van der Waals surface area contributed by atoms with Crippen LogP contribution in [0.5, 0.6) is 0 Å². The first-order valence-corrected chi connectivity index (χ1v) is 9.87. The minimum absolute atomic E-state index is 0.0591. The molecule has 2 aliphatic heterocycles. The summed E-state index contributed by atoms with van der Waals surface area (Å²) in [7, 11) is 0. The first kappa shape index (κ1) is 18.0. The lowest BCUT2D eigenvalue weighted by atomic mass is 10.0. The lowest BCUT2D eigenvalue weighted by Crippen LogP contribution is -2.47. The standard InChI is InChI=1S/C22H22N4O3/c27-21(26-11-8-22(9-12-26)28-13-14-29-22)19-7-6-17(15-24-19)25-18-5-1-3-16-4-2-10-23-20(16)18/h1-7,10,15,25H,8-9,11-14H2. The number of hydrogen-bond donors (Lipinski definition) is 1. The van der Waals surface area contributed by atoms with E-state index < -0.39 is 5.79 Å². The van der Waals surface area contributed by atoms with Gasteiger partial charge in [0.15, 0.2) is 5.79 Å². The quantitative estimate of drug-likeness (QED) is 0.739. The number of hydrogen-bond acceptors (Lipinski definition) is 6. The molecule has 0 bridgehead atoms. The highest BCUT2D eigenvalue weighted by Crippen LogP contribution is 2.31. The molecule has 0 radical (unpaired) electrons. The van der Waals surface area contributed by atoms with Gasteiger partial charge in [-0.05, 0) is 24.3 Å². The van der Waals surface area contributed by atoms with Crippen molar-refractivity contribution >= 4 is 28.2 Å². The van der Waals surface area contributed by atoms with Crippen LogP contribution in [0.4, 0.5) is 11.4 Å². The minimum atomic E-state index is -0.482. The van der Waals surface area contributed by atoms with Gasteiger partial charge in [-0.15, -0.1) is 0 Å². The second-order valence-corrected chi connectivity index (χ2v) is 7.34. The molecule has 2 aliphatic rings. The Labute approximate surface area is 168 Å². The summed E-state index contributed by atoms with van der Waals surface area (Å²) in [5.41, 5.74) is 3.05. The second-order valence-electron chi connectivity index (χ2n) is 7.34. The van der Waals surface area contributed by atoms with E-state index in [2.05, 4.69) is 15.3 Å². The fraction of sp³-hybridized carbons (Fsp3) is 0.318. The molecule has 5 rings (SSSR count). The average molecular weight is 390 g/mol. The van der Waals surface area contributed by atoms with Crippen LogP contribution in [0.2, 0.25) is 0 Å². The molecule has 1 aromatic carbocycles. The van der Waals surface area contributed by atoms with E-state index in [0.29, 0.717) is 44.8 Å². The number of pyridine rings is 2. The van der Waals surface area contributed by atoms with Crippen LogP contribution in [0.1, 0.15) is 23.3 Å². The van der Waals surface area contributed by atoms with Gasteiger partial charge in [0.2, 0.25) is 0 Å². The number of fused-ring (bicyclic) bond motifs is 1. The Bertz CT molecular complexity index is 1020. The van der Waals surface area contributed by atoms with Crippen LogP contribution < -0.4 is 5.32 Å². The molecule has 148 valence electrons. The zero-order valence-corrected chi connectivity index (χ0v) is 16.0. The molecule has 0 aliphatic carbocycles. The lowest BCUT2D eigenvalue weighted by molar-refractivity contribution is -0.181. The Morgan fingerprint density at radius 3 is 2.55 bits per heavy atom. The second kappa shape index (κ2) is 7.42. The van der Waals surface area contributed by atoms with Crippen LogP contribution >= 0.6 is 0 Å². The van der Waals surface area contributed by atoms with E-state index in [0.717, 1.165) is 22.3 Å². The number of likely N-dealkylation sites (tertiary alicyclic amines) is 1. The van der Waals surface area contributed by atoms with Crippen molar-refractivity contribution in [2.24, 2.45) is 0 Å². The fourth-order valence-electron chi connectivity index (χ4n) is 3.95.